The van der Waals surface area contributed by atoms with Crippen LogP contribution in [0.15, 0.2) is 24.5 Å². The second kappa shape index (κ2) is 5.79. The van der Waals surface area contributed by atoms with E-state index in [-0.39, 0.29) is 12.3 Å². The number of hydrogen-bond donors (Lipinski definition) is 0. The Kier molecular flexibility index (Phi) is 4.10. The molecule has 19 heavy (non-hydrogen) atoms. The lowest BCUT2D eigenvalue weighted by atomic mass is 10.2. The molecule has 0 atom stereocenters. The van der Waals surface area contributed by atoms with Crippen LogP contribution in [0.4, 0.5) is 5.69 Å². The van der Waals surface area contributed by atoms with Crippen molar-refractivity contribution in [3.63, 3.8) is 0 Å². The molecular weight excluding hydrogens is 316 g/mol. The van der Waals surface area contributed by atoms with E-state index in [1.807, 2.05) is 0 Å². The normalized spacial score (nSPS) is 10.4. The summed E-state index contributed by atoms with van der Waals surface area (Å²) in [5, 5.41) is 15.1. The van der Waals surface area contributed by atoms with E-state index in [2.05, 4.69) is 26.0 Å². The van der Waals surface area contributed by atoms with Gasteiger partial charge in [0, 0.05) is 30.1 Å². The molecule has 0 radical (unpaired) electrons. The van der Waals surface area contributed by atoms with Gasteiger partial charge in [0.05, 0.1) is 4.92 Å². The molecule has 7 nitrogen and oxygen atoms in total. The predicted octanol–water partition coefficient (Wildman–Crippen LogP) is 2.20. The van der Waals surface area contributed by atoms with Gasteiger partial charge in [0.1, 0.15) is 18.7 Å². The number of rotatable bonds is 5. The third kappa shape index (κ3) is 3.08. The van der Waals surface area contributed by atoms with Gasteiger partial charge in [-0.25, -0.2) is 4.98 Å². The average Bonchev–Trinajstić information content (AvgIpc) is 2.81. The summed E-state index contributed by atoms with van der Waals surface area (Å²) in [5.74, 6) is 1.27. The van der Waals surface area contributed by atoms with Gasteiger partial charge in [-0.3, -0.25) is 14.8 Å². The fourth-order valence-electron chi connectivity index (χ4n) is 1.52. The first-order valence-corrected chi connectivity index (χ1v) is 6.53. The SMILES string of the molecule is Cn1ncnc1COc1ccc([N+](=O)[O-])cc1CBr. The topological polar surface area (TPSA) is 83.1 Å². The highest BCUT2D eigenvalue weighted by Crippen LogP contribution is 2.26. The van der Waals surface area contributed by atoms with E-state index in [1.165, 1.54) is 18.5 Å². The van der Waals surface area contributed by atoms with Crippen LogP contribution in [-0.4, -0.2) is 19.7 Å². The molecule has 0 saturated carbocycles. The number of nitro groups is 1. The minimum absolute atomic E-state index is 0.0421. The lowest BCUT2D eigenvalue weighted by Crippen LogP contribution is -2.05. The first-order valence-electron chi connectivity index (χ1n) is 5.40. The molecule has 100 valence electrons. The van der Waals surface area contributed by atoms with Crippen LogP contribution in [0.3, 0.4) is 0 Å². The molecule has 0 saturated heterocycles. The summed E-state index contributed by atoms with van der Waals surface area (Å²) in [6.07, 6.45) is 1.44. The molecule has 0 unspecified atom stereocenters. The molecule has 0 aliphatic rings. The van der Waals surface area contributed by atoms with Gasteiger partial charge in [0.2, 0.25) is 0 Å². The number of benzene rings is 1. The Balaban J connectivity index is 2.16. The number of nitrogens with zero attached hydrogens (tertiary/aromatic N) is 4. The van der Waals surface area contributed by atoms with Gasteiger partial charge in [-0.1, -0.05) is 15.9 Å². The number of aryl methyl sites for hydroxylation is 1. The molecule has 1 heterocycles. The molecule has 0 aliphatic carbocycles. The van der Waals surface area contributed by atoms with Crippen LogP contribution in [0, 0.1) is 10.1 Å². The number of hydrogen-bond acceptors (Lipinski definition) is 5. The molecule has 0 fully saturated rings. The zero-order valence-corrected chi connectivity index (χ0v) is 11.7. The molecule has 0 spiro atoms. The van der Waals surface area contributed by atoms with Crippen molar-refractivity contribution < 1.29 is 9.66 Å². The number of halogens is 1. The summed E-state index contributed by atoms with van der Waals surface area (Å²) in [6.45, 7) is 0.258. The minimum Gasteiger partial charge on any atom is -0.485 e. The highest BCUT2D eigenvalue weighted by atomic mass is 79.9. The van der Waals surface area contributed by atoms with Gasteiger partial charge >= 0.3 is 0 Å². The molecule has 2 aromatic rings. The van der Waals surface area contributed by atoms with Gasteiger partial charge in [0.15, 0.2) is 5.82 Å². The highest BCUT2D eigenvalue weighted by Gasteiger charge is 2.11. The maximum absolute atomic E-state index is 10.7. The van der Waals surface area contributed by atoms with Crippen LogP contribution in [0.2, 0.25) is 0 Å². The average molecular weight is 327 g/mol. The van der Waals surface area contributed by atoms with E-state index in [1.54, 1.807) is 17.8 Å². The molecular formula is C11H11BrN4O3. The fourth-order valence-corrected chi connectivity index (χ4v) is 1.96. The largest absolute Gasteiger partial charge is 0.485 e. The Morgan fingerprint density at radius 3 is 2.89 bits per heavy atom. The van der Waals surface area contributed by atoms with Crippen LogP contribution in [0.5, 0.6) is 5.75 Å². The molecule has 2 rings (SSSR count). The third-order valence-electron chi connectivity index (χ3n) is 2.56. The number of non-ortho nitro benzene ring substituents is 1. The summed E-state index contributed by atoms with van der Waals surface area (Å²) in [5.41, 5.74) is 0.761. The molecule has 8 heteroatoms. The smallest absolute Gasteiger partial charge is 0.270 e. The van der Waals surface area contributed by atoms with Crippen molar-refractivity contribution >= 4 is 21.6 Å². The molecule has 0 amide bonds. The second-order valence-electron chi connectivity index (χ2n) is 3.77. The molecule has 0 bridgehead atoms. The van der Waals surface area contributed by atoms with E-state index in [4.69, 9.17) is 4.74 Å². The summed E-state index contributed by atoms with van der Waals surface area (Å²) >= 11 is 3.29. The third-order valence-corrected chi connectivity index (χ3v) is 3.16. The second-order valence-corrected chi connectivity index (χ2v) is 4.33. The summed E-state index contributed by atoms with van der Waals surface area (Å²) < 4.78 is 7.22. The van der Waals surface area contributed by atoms with Gasteiger partial charge in [-0.2, -0.15) is 5.10 Å². The first-order chi connectivity index (χ1) is 9.11. The maximum atomic E-state index is 10.7. The maximum Gasteiger partial charge on any atom is 0.270 e. The quantitative estimate of drug-likeness (QED) is 0.478. The van der Waals surface area contributed by atoms with Gasteiger partial charge < -0.3 is 4.74 Å². The number of ether oxygens (including phenoxy) is 1. The van der Waals surface area contributed by atoms with Crippen molar-refractivity contribution in [2.24, 2.45) is 7.05 Å². The zero-order valence-electron chi connectivity index (χ0n) is 10.1. The van der Waals surface area contributed by atoms with E-state index in [0.717, 1.165) is 5.56 Å². The van der Waals surface area contributed by atoms with E-state index >= 15 is 0 Å². The van der Waals surface area contributed by atoms with Crippen molar-refractivity contribution in [1.82, 2.24) is 14.8 Å². The van der Waals surface area contributed by atoms with Crippen molar-refractivity contribution in [2.45, 2.75) is 11.9 Å². The van der Waals surface area contributed by atoms with E-state index in [9.17, 15) is 10.1 Å². The zero-order chi connectivity index (χ0) is 13.8. The van der Waals surface area contributed by atoms with Gasteiger partial charge in [0.25, 0.3) is 5.69 Å². The number of aromatic nitrogens is 3. The minimum atomic E-state index is -0.432. The molecule has 1 aromatic heterocycles. The predicted molar refractivity (Wildman–Crippen MR) is 71.1 cm³/mol. The lowest BCUT2D eigenvalue weighted by Gasteiger charge is -2.09. The van der Waals surface area contributed by atoms with Crippen LogP contribution in [0.25, 0.3) is 0 Å². The number of nitro benzene ring substituents is 1. The molecule has 0 aliphatic heterocycles. The van der Waals surface area contributed by atoms with Crippen molar-refractivity contribution in [3.8, 4) is 5.75 Å². The van der Waals surface area contributed by atoms with E-state index in [0.29, 0.717) is 16.9 Å². The Morgan fingerprint density at radius 1 is 1.53 bits per heavy atom. The fraction of sp³-hybridized carbons (Fsp3) is 0.273. The number of alkyl halides is 1. The standard InChI is InChI=1S/C11H11BrN4O3/c1-15-11(13-7-14-15)6-19-10-3-2-9(16(17)18)4-8(10)5-12/h2-4,7H,5-6H2,1H3. The van der Waals surface area contributed by atoms with Gasteiger partial charge in [-0.05, 0) is 6.07 Å². The molecule has 0 N–H and O–H groups in total. The van der Waals surface area contributed by atoms with Crippen LogP contribution < -0.4 is 4.74 Å². The monoisotopic (exact) mass is 326 g/mol. The summed E-state index contributed by atoms with van der Waals surface area (Å²) in [7, 11) is 1.77. The van der Waals surface area contributed by atoms with E-state index < -0.39 is 4.92 Å². The van der Waals surface area contributed by atoms with Crippen molar-refractivity contribution in [2.75, 3.05) is 0 Å². The highest BCUT2D eigenvalue weighted by molar-refractivity contribution is 9.08. The van der Waals surface area contributed by atoms with Crippen molar-refractivity contribution in [1.29, 1.82) is 0 Å². The summed E-state index contributed by atoms with van der Waals surface area (Å²) in [4.78, 5) is 14.3. The first kappa shape index (κ1) is 13.5. The van der Waals surface area contributed by atoms with Crippen molar-refractivity contribution in [3.05, 3.63) is 46.0 Å². The Bertz CT molecular complexity index is 599. The Labute approximate surface area is 117 Å². The van der Waals surface area contributed by atoms with Crippen LogP contribution in [0.1, 0.15) is 11.4 Å². The summed E-state index contributed by atoms with van der Waals surface area (Å²) in [6, 6.07) is 4.49. The van der Waals surface area contributed by atoms with Gasteiger partial charge in [-0.15, -0.1) is 0 Å². The molecule has 1 aromatic carbocycles. The Morgan fingerprint density at radius 2 is 2.32 bits per heavy atom. The Hall–Kier alpha value is -1.96. The lowest BCUT2D eigenvalue weighted by molar-refractivity contribution is -0.384. The van der Waals surface area contributed by atoms with Crippen LogP contribution >= 0.6 is 15.9 Å². The van der Waals surface area contributed by atoms with Crippen LogP contribution in [-0.2, 0) is 19.0 Å².